The van der Waals surface area contributed by atoms with Gasteiger partial charge in [0.25, 0.3) is 0 Å². The molecule has 0 saturated carbocycles. The average molecular weight is 326 g/mol. The van der Waals surface area contributed by atoms with Crippen LogP contribution in [0.5, 0.6) is 0 Å². The van der Waals surface area contributed by atoms with E-state index in [-0.39, 0.29) is 23.1 Å². The van der Waals surface area contributed by atoms with Gasteiger partial charge in [-0.2, -0.15) is 0 Å². The van der Waals surface area contributed by atoms with Crippen LogP contribution in [0.15, 0.2) is 36.5 Å². The summed E-state index contributed by atoms with van der Waals surface area (Å²) in [5.41, 5.74) is -0.138. The van der Waals surface area contributed by atoms with Crippen molar-refractivity contribution in [2.24, 2.45) is 0 Å². The Labute approximate surface area is 135 Å². The smallest absolute Gasteiger partial charge is 0.383 e. The number of esters is 3. The topological polar surface area (TPSA) is 99.1 Å². The molecule has 0 bridgehead atoms. The van der Waals surface area contributed by atoms with Gasteiger partial charge in [0.1, 0.15) is 0 Å². The summed E-state index contributed by atoms with van der Waals surface area (Å²) in [6.07, 6.45) is -1.67. The molecule has 1 unspecified atom stereocenters. The molecule has 7 heteroatoms. The maximum absolute atomic E-state index is 11.8. The molecule has 7 nitrogen and oxygen atoms in total. The van der Waals surface area contributed by atoms with Crippen molar-refractivity contribution in [2.75, 3.05) is 0 Å². The van der Waals surface area contributed by atoms with Crippen molar-refractivity contribution in [3.05, 3.63) is 36.5 Å². The Morgan fingerprint density at radius 3 is 1.30 bits per heavy atom. The second-order valence-corrected chi connectivity index (χ2v) is 5.04. The van der Waals surface area contributed by atoms with Gasteiger partial charge >= 0.3 is 23.9 Å². The van der Waals surface area contributed by atoms with Gasteiger partial charge in [-0.25, -0.2) is 14.4 Å². The monoisotopic (exact) mass is 326 g/mol. The summed E-state index contributed by atoms with van der Waals surface area (Å²) in [5, 5.41) is 10.1. The van der Waals surface area contributed by atoms with Crippen LogP contribution in [0.4, 0.5) is 0 Å². The molecular formula is C16H22O7. The normalized spacial score (nSPS) is 11.9. The Morgan fingerprint density at radius 1 is 0.870 bits per heavy atom. The van der Waals surface area contributed by atoms with Crippen molar-refractivity contribution >= 4 is 17.9 Å². The number of hydrogen-bond acceptors (Lipinski definition) is 7. The quantitative estimate of drug-likeness (QED) is 0.412. The van der Waals surface area contributed by atoms with Crippen molar-refractivity contribution in [2.45, 2.75) is 46.2 Å². The fourth-order valence-electron chi connectivity index (χ4n) is 1.17. The molecule has 128 valence electrons. The summed E-state index contributed by atoms with van der Waals surface area (Å²) in [6.45, 7) is 15.7. The number of hydrogen-bond donors (Lipinski definition) is 1. The van der Waals surface area contributed by atoms with Crippen LogP contribution in [0.25, 0.3) is 0 Å². The zero-order chi connectivity index (χ0) is 18.4. The highest BCUT2D eigenvalue weighted by molar-refractivity contribution is 5.90. The van der Waals surface area contributed by atoms with E-state index in [2.05, 4.69) is 19.7 Å². The van der Waals surface area contributed by atoms with Crippen molar-refractivity contribution in [3.8, 4) is 0 Å². The third-order valence-corrected chi connectivity index (χ3v) is 2.55. The molecule has 0 aromatic carbocycles. The van der Waals surface area contributed by atoms with Crippen molar-refractivity contribution < 1.29 is 33.7 Å². The van der Waals surface area contributed by atoms with Gasteiger partial charge in [0.05, 0.1) is 0 Å². The lowest BCUT2D eigenvalue weighted by molar-refractivity contribution is -0.359. The molecule has 0 aliphatic heterocycles. The fraction of sp³-hybridized carbons (Fsp3) is 0.438. The number of carbonyl (C=O) groups is 3. The van der Waals surface area contributed by atoms with Gasteiger partial charge in [-0.15, -0.1) is 0 Å². The van der Waals surface area contributed by atoms with Crippen LogP contribution in [-0.4, -0.2) is 35.1 Å². The minimum atomic E-state index is -2.66. The lowest BCUT2D eigenvalue weighted by atomic mass is 10.2. The molecule has 0 aromatic rings. The van der Waals surface area contributed by atoms with Gasteiger partial charge in [0.15, 0.2) is 6.10 Å². The van der Waals surface area contributed by atoms with Crippen molar-refractivity contribution in [1.29, 1.82) is 0 Å². The van der Waals surface area contributed by atoms with Crippen LogP contribution in [0, 0.1) is 0 Å². The molecule has 0 rings (SSSR count). The summed E-state index contributed by atoms with van der Waals surface area (Å²) >= 11 is 0. The lowest BCUT2D eigenvalue weighted by Crippen LogP contribution is -2.53. The van der Waals surface area contributed by atoms with E-state index >= 15 is 0 Å². The Kier molecular flexibility index (Phi) is 7.41. The number of ether oxygens (including phenoxy) is 3. The number of aliphatic hydroxyl groups is 1. The van der Waals surface area contributed by atoms with E-state index in [1.54, 1.807) is 0 Å². The first kappa shape index (κ1) is 20.6. The molecule has 0 aliphatic carbocycles. The first-order valence-electron chi connectivity index (χ1n) is 6.81. The summed E-state index contributed by atoms with van der Waals surface area (Å²) in [6, 6.07) is 0. The van der Waals surface area contributed by atoms with Crippen molar-refractivity contribution in [1.82, 2.24) is 0 Å². The van der Waals surface area contributed by atoms with Crippen LogP contribution in [0.1, 0.15) is 34.1 Å². The van der Waals surface area contributed by atoms with E-state index in [1.807, 2.05) is 0 Å². The number of rotatable bonds is 8. The maximum Gasteiger partial charge on any atom is 0.452 e. The Morgan fingerprint density at radius 2 is 1.13 bits per heavy atom. The highest BCUT2D eigenvalue weighted by atomic mass is 16.9. The molecule has 0 fully saturated rings. The second-order valence-electron chi connectivity index (χ2n) is 5.04. The standard InChI is InChI=1S/C16H22O7/c1-8-12(17)16(21-13(18)9(2)3,22-14(19)10(4)5)23-15(20)11(6)7/h12,17H,2,4,6,8H2,1,3,5,7H3. The Balaban J connectivity index is 5.88. The van der Waals surface area contributed by atoms with Crippen molar-refractivity contribution in [3.63, 3.8) is 0 Å². The maximum atomic E-state index is 11.8. The lowest BCUT2D eigenvalue weighted by Gasteiger charge is -2.34. The Bertz CT molecular complexity index is 475. The molecule has 0 amide bonds. The first-order chi connectivity index (χ1) is 10.5. The molecule has 1 atom stereocenters. The third-order valence-electron chi connectivity index (χ3n) is 2.55. The summed E-state index contributed by atoms with van der Waals surface area (Å²) < 4.78 is 14.8. The van der Waals surface area contributed by atoms with Crippen LogP contribution in [0.2, 0.25) is 0 Å². The predicted molar refractivity (Wildman–Crippen MR) is 81.7 cm³/mol. The third kappa shape index (κ3) is 5.71. The molecular weight excluding hydrogens is 304 g/mol. The average Bonchev–Trinajstić information content (AvgIpc) is 2.45. The van der Waals surface area contributed by atoms with E-state index in [0.717, 1.165) is 0 Å². The minimum absolute atomic E-state index is 0.0452. The molecule has 0 aliphatic rings. The second kappa shape index (κ2) is 8.28. The van der Waals surface area contributed by atoms with E-state index in [4.69, 9.17) is 14.2 Å². The van der Waals surface area contributed by atoms with E-state index in [9.17, 15) is 19.5 Å². The molecule has 0 aromatic heterocycles. The molecule has 0 radical (unpaired) electrons. The van der Waals surface area contributed by atoms with Crippen LogP contribution < -0.4 is 0 Å². The van der Waals surface area contributed by atoms with E-state index < -0.39 is 30.0 Å². The largest absolute Gasteiger partial charge is 0.452 e. The van der Waals surface area contributed by atoms with E-state index in [0.29, 0.717) is 0 Å². The number of carbonyl (C=O) groups excluding carboxylic acids is 3. The van der Waals surface area contributed by atoms with Gasteiger partial charge < -0.3 is 19.3 Å². The van der Waals surface area contributed by atoms with Gasteiger partial charge in [-0.1, -0.05) is 26.7 Å². The zero-order valence-electron chi connectivity index (χ0n) is 13.8. The molecule has 0 heterocycles. The van der Waals surface area contributed by atoms with E-state index in [1.165, 1.54) is 27.7 Å². The minimum Gasteiger partial charge on any atom is -0.383 e. The Hall–Kier alpha value is -2.41. The van der Waals surface area contributed by atoms with Crippen LogP contribution in [-0.2, 0) is 28.6 Å². The van der Waals surface area contributed by atoms with Crippen LogP contribution in [0.3, 0.4) is 0 Å². The summed E-state index contributed by atoms with van der Waals surface area (Å²) in [5.74, 6) is -5.69. The van der Waals surface area contributed by atoms with Gasteiger partial charge in [-0.3, -0.25) is 0 Å². The summed E-state index contributed by atoms with van der Waals surface area (Å²) in [4.78, 5) is 35.5. The highest BCUT2D eigenvalue weighted by Crippen LogP contribution is 2.26. The molecule has 0 saturated heterocycles. The van der Waals surface area contributed by atoms with Crippen LogP contribution >= 0.6 is 0 Å². The highest BCUT2D eigenvalue weighted by Gasteiger charge is 2.50. The number of aliphatic hydroxyl groups excluding tert-OH is 1. The van der Waals surface area contributed by atoms with Gasteiger partial charge in [-0.05, 0) is 27.2 Å². The fourth-order valence-corrected chi connectivity index (χ4v) is 1.17. The molecule has 0 spiro atoms. The summed E-state index contributed by atoms with van der Waals surface area (Å²) in [7, 11) is 0. The molecule has 1 N–H and O–H groups in total. The first-order valence-corrected chi connectivity index (χ1v) is 6.81. The zero-order valence-corrected chi connectivity index (χ0v) is 13.8. The van der Waals surface area contributed by atoms with Gasteiger partial charge in [0.2, 0.25) is 0 Å². The SMILES string of the molecule is C=C(C)C(=O)OC(OC(=O)C(=C)C)(OC(=O)C(=C)C)C(O)CC. The molecule has 23 heavy (non-hydrogen) atoms. The van der Waals surface area contributed by atoms with Gasteiger partial charge in [0, 0.05) is 16.7 Å². The predicted octanol–water partition coefficient (Wildman–Crippen LogP) is 1.77.